The molecule has 1 aromatic rings. The van der Waals surface area contributed by atoms with Gasteiger partial charge in [-0.2, -0.15) is 5.10 Å². The van der Waals surface area contributed by atoms with Crippen LogP contribution in [0.5, 0.6) is 0 Å². The first-order valence-corrected chi connectivity index (χ1v) is 6.14. The van der Waals surface area contributed by atoms with Crippen LogP contribution in [0, 0.1) is 19.3 Å². The first-order valence-electron chi connectivity index (χ1n) is 6.14. The predicted octanol–water partition coefficient (Wildman–Crippen LogP) is 0.238. The van der Waals surface area contributed by atoms with Crippen molar-refractivity contribution < 1.29 is 14.7 Å². The number of carboxylic acid groups (broad SMARTS) is 1. The molecule has 7 nitrogen and oxygen atoms in total. The number of hydrogen-bond acceptors (Lipinski definition) is 4. The zero-order valence-electron chi connectivity index (χ0n) is 12.3. The molecule has 0 spiro atoms. The van der Waals surface area contributed by atoms with Crippen LogP contribution in [0.1, 0.15) is 35.5 Å². The molecule has 0 atom stereocenters. The second-order valence-corrected chi connectivity index (χ2v) is 5.39. The number of hydrogen-bond donors (Lipinski definition) is 2. The van der Waals surface area contributed by atoms with Gasteiger partial charge in [0.2, 0.25) is 0 Å². The maximum atomic E-state index is 12.1. The quantitative estimate of drug-likeness (QED) is 0.823. The second-order valence-electron chi connectivity index (χ2n) is 5.39. The Morgan fingerprint density at radius 1 is 1.35 bits per heavy atom. The number of carbonyl (C=O) groups excluding carboxylic acids is 1. The molecule has 110 valence electrons. The molecule has 7 heteroatoms. The Morgan fingerprint density at radius 2 is 1.90 bits per heavy atom. The van der Waals surface area contributed by atoms with Crippen molar-refractivity contribution in [2.24, 2.45) is 12.5 Å². The lowest BCUT2D eigenvalue weighted by atomic mass is 9.94. The molecule has 1 aromatic heterocycles. The summed E-state index contributed by atoms with van der Waals surface area (Å²) in [5.41, 5.74) is -0.523. The van der Waals surface area contributed by atoms with E-state index < -0.39 is 22.9 Å². The van der Waals surface area contributed by atoms with Crippen LogP contribution >= 0.6 is 0 Å². The third-order valence-corrected chi connectivity index (χ3v) is 3.22. The lowest BCUT2D eigenvalue weighted by Crippen LogP contribution is -2.41. The minimum absolute atomic E-state index is 0.00110. The van der Waals surface area contributed by atoms with Gasteiger partial charge in [0, 0.05) is 13.6 Å². The van der Waals surface area contributed by atoms with Gasteiger partial charge in [-0.25, -0.2) is 4.68 Å². The van der Waals surface area contributed by atoms with Crippen LogP contribution in [-0.2, 0) is 11.8 Å². The Hall–Kier alpha value is -2.18. The van der Waals surface area contributed by atoms with Crippen molar-refractivity contribution in [2.45, 2.75) is 27.7 Å². The fourth-order valence-corrected chi connectivity index (χ4v) is 1.58. The SMILES string of the molecule is Cc1nn(C)c(=O)c(C(=O)NCC(C)(C)C(=O)O)c1C. The smallest absolute Gasteiger partial charge is 0.310 e. The van der Waals surface area contributed by atoms with Crippen LogP contribution in [0.25, 0.3) is 0 Å². The third-order valence-electron chi connectivity index (χ3n) is 3.22. The van der Waals surface area contributed by atoms with Crippen molar-refractivity contribution in [2.75, 3.05) is 6.54 Å². The standard InChI is InChI=1S/C13H19N3O4/c1-7-8(2)15-16(5)11(18)9(7)10(17)14-6-13(3,4)12(19)20/h6H2,1-5H3,(H,14,17)(H,19,20). The highest BCUT2D eigenvalue weighted by Gasteiger charge is 2.28. The van der Waals surface area contributed by atoms with Crippen molar-refractivity contribution in [3.63, 3.8) is 0 Å². The molecular formula is C13H19N3O4. The molecule has 20 heavy (non-hydrogen) atoms. The number of carbonyl (C=O) groups is 2. The van der Waals surface area contributed by atoms with Crippen molar-refractivity contribution >= 4 is 11.9 Å². The van der Waals surface area contributed by atoms with Crippen molar-refractivity contribution in [3.8, 4) is 0 Å². The van der Waals surface area contributed by atoms with Gasteiger partial charge in [0.25, 0.3) is 11.5 Å². The van der Waals surface area contributed by atoms with Crippen LogP contribution in [0.2, 0.25) is 0 Å². The number of aromatic nitrogens is 2. The van der Waals surface area contributed by atoms with E-state index in [1.54, 1.807) is 13.8 Å². The zero-order chi connectivity index (χ0) is 15.7. The molecule has 1 amide bonds. The van der Waals surface area contributed by atoms with Crippen LogP contribution in [-0.4, -0.2) is 33.3 Å². The van der Waals surface area contributed by atoms with Crippen molar-refractivity contribution in [1.29, 1.82) is 0 Å². The molecule has 0 radical (unpaired) electrons. The Labute approximate surface area is 116 Å². The van der Waals surface area contributed by atoms with E-state index in [1.165, 1.54) is 20.9 Å². The summed E-state index contributed by atoms with van der Waals surface area (Å²) in [5.74, 6) is -1.60. The van der Waals surface area contributed by atoms with Gasteiger partial charge in [0.05, 0.1) is 11.1 Å². The molecule has 0 aliphatic heterocycles. The Bertz CT molecular complexity index is 617. The molecule has 0 unspecified atom stereocenters. The number of nitrogens with zero attached hydrogens (tertiary/aromatic N) is 2. The molecule has 0 aromatic carbocycles. The highest BCUT2D eigenvalue weighted by molar-refractivity contribution is 5.95. The minimum Gasteiger partial charge on any atom is -0.481 e. The highest BCUT2D eigenvalue weighted by Crippen LogP contribution is 2.14. The summed E-state index contributed by atoms with van der Waals surface area (Å²) in [6.45, 7) is 6.27. The number of aryl methyl sites for hydroxylation is 2. The number of amides is 1. The molecule has 2 N–H and O–H groups in total. The molecule has 0 aliphatic carbocycles. The largest absolute Gasteiger partial charge is 0.481 e. The first-order chi connectivity index (χ1) is 9.08. The third kappa shape index (κ3) is 3.04. The molecule has 1 heterocycles. The fraction of sp³-hybridized carbons (Fsp3) is 0.538. The van der Waals surface area contributed by atoms with E-state index in [4.69, 9.17) is 5.11 Å². The zero-order valence-corrected chi connectivity index (χ0v) is 12.3. The van der Waals surface area contributed by atoms with E-state index in [9.17, 15) is 14.4 Å². The molecular weight excluding hydrogens is 262 g/mol. The van der Waals surface area contributed by atoms with Gasteiger partial charge in [-0.05, 0) is 33.3 Å². The maximum Gasteiger partial charge on any atom is 0.310 e. The summed E-state index contributed by atoms with van der Waals surface area (Å²) in [5, 5.41) is 15.5. The van der Waals surface area contributed by atoms with Gasteiger partial charge in [0.15, 0.2) is 0 Å². The number of nitrogens with one attached hydrogen (secondary N) is 1. The average Bonchev–Trinajstić information content (AvgIpc) is 2.34. The van der Waals surface area contributed by atoms with E-state index in [0.717, 1.165) is 4.68 Å². The monoisotopic (exact) mass is 281 g/mol. The fourth-order valence-electron chi connectivity index (χ4n) is 1.58. The van der Waals surface area contributed by atoms with E-state index in [1.807, 2.05) is 0 Å². The van der Waals surface area contributed by atoms with Crippen LogP contribution in [0.4, 0.5) is 0 Å². The average molecular weight is 281 g/mol. The summed E-state index contributed by atoms with van der Waals surface area (Å²) in [6, 6.07) is 0. The van der Waals surface area contributed by atoms with Gasteiger partial charge >= 0.3 is 5.97 Å². The Kier molecular flexibility index (Phi) is 4.32. The van der Waals surface area contributed by atoms with E-state index in [2.05, 4.69) is 10.4 Å². The van der Waals surface area contributed by atoms with Crippen LogP contribution < -0.4 is 10.9 Å². The lowest BCUT2D eigenvalue weighted by Gasteiger charge is -2.19. The van der Waals surface area contributed by atoms with E-state index in [0.29, 0.717) is 11.3 Å². The molecule has 0 saturated carbocycles. The van der Waals surface area contributed by atoms with E-state index >= 15 is 0 Å². The van der Waals surface area contributed by atoms with Crippen LogP contribution in [0.3, 0.4) is 0 Å². The predicted molar refractivity (Wildman–Crippen MR) is 72.7 cm³/mol. The summed E-state index contributed by atoms with van der Waals surface area (Å²) < 4.78 is 1.10. The summed E-state index contributed by atoms with van der Waals surface area (Å²) in [7, 11) is 1.47. The highest BCUT2D eigenvalue weighted by atomic mass is 16.4. The maximum absolute atomic E-state index is 12.1. The summed E-state index contributed by atoms with van der Waals surface area (Å²) in [4.78, 5) is 35.1. The second kappa shape index (κ2) is 5.44. The first kappa shape index (κ1) is 15.9. The van der Waals surface area contributed by atoms with Gasteiger partial charge in [0.1, 0.15) is 5.56 Å². The molecule has 0 saturated heterocycles. The molecule has 0 bridgehead atoms. The number of rotatable bonds is 4. The normalized spacial score (nSPS) is 11.2. The lowest BCUT2D eigenvalue weighted by molar-refractivity contribution is -0.146. The summed E-state index contributed by atoms with van der Waals surface area (Å²) in [6.07, 6.45) is 0. The number of carboxylic acids is 1. The van der Waals surface area contributed by atoms with Gasteiger partial charge in [-0.1, -0.05) is 0 Å². The molecule has 0 fully saturated rings. The van der Waals surface area contributed by atoms with Gasteiger partial charge in [-0.3, -0.25) is 14.4 Å². The topological polar surface area (TPSA) is 101 Å². The Morgan fingerprint density at radius 3 is 2.40 bits per heavy atom. The Balaban J connectivity index is 3.06. The van der Waals surface area contributed by atoms with Gasteiger partial charge in [-0.15, -0.1) is 0 Å². The van der Waals surface area contributed by atoms with E-state index in [-0.39, 0.29) is 12.1 Å². The molecule has 0 aliphatic rings. The van der Waals surface area contributed by atoms with Gasteiger partial charge < -0.3 is 10.4 Å². The molecule has 1 rings (SSSR count). The van der Waals surface area contributed by atoms with Crippen molar-refractivity contribution in [3.05, 3.63) is 27.2 Å². The number of aliphatic carboxylic acids is 1. The summed E-state index contributed by atoms with van der Waals surface area (Å²) >= 11 is 0. The van der Waals surface area contributed by atoms with Crippen LogP contribution in [0.15, 0.2) is 4.79 Å². The minimum atomic E-state index is -1.10. The van der Waals surface area contributed by atoms with Crippen molar-refractivity contribution in [1.82, 2.24) is 15.1 Å².